The molecule has 6 nitrogen and oxygen atoms in total. The first-order valence-electron chi connectivity index (χ1n) is 8.61. The van der Waals surface area contributed by atoms with E-state index in [2.05, 4.69) is 9.07 Å². The average molecular weight is 473 g/mol. The minimum Gasteiger partial charge on any atom is -0.375 e. The molecule has 0 spiro atoms. The fourth-order valence-corrected chi connectivity index (χ4v) is 3.29. The highest BCUT2D eigenvalue weighted by atomic mass is 35.5. The van der Waals surface area contributed by atoms with E-state index in [0.717, 1.165) is 18.6 Å². The number of carbonyl (C=O) groups is 1. The first-order chi connectivity index (χ1) is 13.9. The zero-order valence-corrected chi connectivity index (χ0v) is 17.4. The molecule has 0 aliphatic heterocycles. The maximum Gasteiger partial charge on any atom is 0.534 e. The molecule has 166 valence electrons. The van der Waals surface area contributed by atoms with Crippen LogP contribution in [0.2, 0.25) is 5.02 Å². The summed E-state index contributed by atoms with van der Waals surface area (Å²) in [5, 5.41) is -0.494. The number of benzene rings is 2. The quantitative estimate of drug-likeness (QED) is 0.134. The van der Waals surface area contributed by atoms with Gasteiger partial charge in [0.15, 0.2) is 5.75 Å². The van der Waals surface area contributed by atoms with Crippen molar-refractivity contribution in [3.8, 4) is 5.75 Å². The van der Waals surface area contributed by atoms with Crippen LogP contribution in [0.1, 0.15) is 30.9 Å². The Morgan fingerprint density at radius 2 is 1.83 bits per heavy atom. The van der Waals surface area contributed by atoms with Gasteiger partial charge in [-0.15, -0.1) is 0 Å². The Hall–Kier alpha value is -2.11. The second-order valence-electron chi connectivity index (χ2n) is 6.27. The molecule has 0 bridgehead atoms. The molecule has 0 atom stereocenters. The van der Waals surface area contributed by atoms with E-state index in [9.17, 15) is 30.8 Å². The normalized spacial score (nSPS) is 12.2. The fraction of sp³-hybridized carbons (Fsp3) is 0.389. The number of fused-ring (bicyclic) bond motifs is 1. The Bertz CT molecular complexity index is 1050. The highest BCUT2D eigenvalue weighted by Gasteiger charge is 2.49. The van der Waals surface area contributed by atoms with Crippen LogP contribution in [0.5, 0.6) is 5.75 Å². The minimum absolute atomic E-state index is 0.0410. The number of hydrogen-bond acceptors (Lipinski definition) is 6. The monoisotopic (exact) mass is 472 g/mol. The van der Waals surface area contributed by atoms with Crippen LogP contribution in [0.25, 0.3) is 10.8 Å². The van der Waals surface area contributed by atoms with Crippen molar-refractivity contribution in [2.45, 2.75) is 38.6 Å². The molecule has 0 saturated carbocycles. The second-order valence-corrected chi connectivity index (χ2v) is 8.22. The van der Waals surface area contributed by atoms with Crippen molar-refractivity contribution >= 4 is 38.5 Å². The van der Waals surface area contributed by atoms with E-state index in [1.807, 2.05) is 6.92 Å². The summed E-state index contributed by atoms with van der Waals surface area (Å²) in [5.41, 5.74) is -5.82. The fourth-order valence-electron chi connectivity index (χ4n) is 2.52. The van der Waals surface area contributed by atoms with Crippen molar-refractivity contribution < 1.29 is 44.7 Å². The Morgan fingerprint density at radius 1 is 1.17 bits per heavy atom. The maximum atomic E-state index is 13.9. The molecule has 30 heavy (non-hydrogen) atoms. The van der Waals surface area contributed by atoms with Gasteiger partial charge in [-0.25, -0.2) is 9.18 Å². The largest absolute Gasteiger partial charge is 0.534 e. The number of aryl methyl sites for hydroxylation is 1. The van der Waals surface area contributed by atoms with E-state index >= 15 is 0 Å². The van der Waals surface area contributed by atoms with Crippen LogP contribution in [0.4, 0.5) is 17.6 Å². The SMILES string of the molecule is CCCCOOC(=O)Cc1c(C)cc2c(Cl)cc(F)cc2c1OS(=O)(=O)C(F)(F)F. The first-order valence-corrected chi connectivity index (χ1v) is 10.4. The Balaban J connectivity index is 2.58. The van der Waals surface area contributed by atoms with Crippen molar-refractivity contribution in [2.24, 2.45) is 0 Å². The third-order valence-electron chi connectivity index (χ3n) is 3.98. The van der Waals surface area contributed by atoms with Crippen LogP contribution in [0, 0.1) is 12.7 Å². The standard InChI is InChI=1S/C18H17ClF4O6S/c1-3-4-5-27-28-16(24)9-12-10(2)6-13-14(7-11(20)8-15(13)19)17(12)29-30(25,26)18(21,22)23/h6-8H,3-5,9H2,1-2H3. The molecule has 0 saturated heterocycles. The van der Waals surface area contributed by atoms with E-state index in [4.69, 9.17) is 16.5 Å². The van der Waals surface area contributed by atoms with Gasteiger partial charge in [0.05, 0.1) is 18.1 Å². The van der Waals surface area contributed by atoms with Gasteiger partial charge in [-0.3, -0.25) is 4.89 Å². The Kier molecular flexibility index (Phi) is 7.54. The molecule has 0 amide bonds. The third kappa shape index (κ3) is 5.52. The van der Waals surface area contributed by atoms with Gasteiger partial charge in [0, 0.05) is 16.3 Å². The molecule has 0 radical (unpaired) electrons. The van der Waals surface area contributed by atoms with Gasteiger partial charge in [0.2, 0.25) is 0 Å². The maximum absolute atomic E-state index is 13.9. The summed E-state index contributed by atoms with van der Waals surface area (Å²) in [6.45, 7) is 3.37. The molecule has 0 aromatic heterocycles. The lowest BCUT2D eigenvalue weighted by atomic mass is 9.98. The zero-order chi connectivity index (χ0) is 22.7. The van der Waals surface area contributed by atoms with Gasteiger partial charge in [-0.1, -0.05) is 24.9 Å². The van der Waals surface area contributed by atoms with E-state index in [-0.39, 0.29) is 33.5 Å². The van der Waals surface area contributed by atoms with E-state index in [1.165, 1.54) is 13.0 Å². The summed E-state index contributed by atoms with van der Waals surface area (Å²) >= 11 is 5.94. The molecule has 12 heteroatoms. The van der Waals surface area contributed by atoms with Crippen molar-refractivity contribution in [1.82, 2.24) is 0 Å². The van der Waals surface area contributed by atoms with Crippen LogP contribution in [0.15, 0.2) is 18.2 Å². The van der Waals surface area contributed by atoms with Gasteiger partial charge < -0.3 is 4.18 Å². The Labute approximate surface area is 174 Å². The van der Waals surface area contributed by atoms with Crippen molar-refractivity contribution in [3.05, 3.63) is 40.2 Å². The highest BCUT2D eigenvalue weighted by molar-refractivity contribution is 7.88. The van der Waals surface area contributed by atoms with Gasteiger partial charge in [0.25, 0.3) is 0 Å². The Morgan fingerprint density at radius 3 is 2.43 bits per heavy atom. The summed E-state index contributed by atoms with van der Waals surface area (Å²) in [7, 11) is -6.12. The number of halogens is 5. The molecule has 0 aliphatic carbocycles. The van der Waals surface area contributed by atoms with Crippen molar-refractivity contribution in [2.75, 3.05) is 6.61 Å². The zero-order valence-electron chi connectivity index (χ0n) is 15.8. The van der Waals surface area contributed by atoms with Crippen LogP contribution >= 0.6 is 11.6 Å². The van der Waals surface area contributed by atoms with Crippen LogP contribution in [0.3, 0.4) is 0 Å². The van der Waals surface area contributed by atoms with E-state index in [1.54, 1.807) is 0 Å². The minimum atomic E-state index is -6.12. The number of hydrogen-bond donors (Lipinski definition) is 0. The number of rotatable bonds is 8. The summed E-state index contributed by atoms with van der Waals surface area (Å²) in [6, 6.07) is 3.03. The number of alkyl halides is 3. The third-order valence-corrected chi connectivity index (χ3v) is 5.25. The summed E-state index contributed by atoms with van der Waals surface area (Å²) < 4.78 is 80.1. The second kappa shape index (κ2) is 9.36. The summed E-state index contributed by atoms with van der Waals surface area (Å²) in [4.78, 5) is 21.3. The van der Waals surface area contributed by atoms with Crippen LogP contribution < -0.4 is 4.18 Å². The lowest BCUT2D eigenvalue weighted by Gasteiger charge is -2.17. The average Bonchev–Trinajstić information content (AvgIpc) is 2.61. The smallest absolute Gasteiger partial charge is 0.375 e. The van der Waals surface area contributed by atoms with E-state index in [0.29, 0.717) is 6.42 Å². The van der Waals surface area contributed by atoms with Crippen LogP contribution in [-0.2, 0) is 31.1 Å². The number of carbonyl (C=O) groups excluding carboxylic acids is 1. The molecule has 2 aromatic carbocycles. The van der Waals surface area contributed by atoms with Gasteiger partial charge in [0.1, 0.15) is 5.82 Å². The molecule has 0 heterocycles. The van der Waals surface area contributed by atoms with Gasteiger partial charge in [-0.05, 0) is 37.1 Å². The lowest BCUT2D eigenvalue weighted by Crippen LogP contribution is -2.28. The van der Waals surface area contributed by atoms with E-state index < -0.39 is 39.6 Å². The highest BCUT2D eigenvalue weighted by Crippen LogP contribution is 2.39. The van der Waals surface area contributed by atoms with Gasteiger partial charge in [-0.2, -0.15) is 26.5 Å². The molecular weight excluding hydrogens is 456 g/mol. The van der Waals surface area contributed by atoms with Crippen molar-refractivity contribution in [1.29, 1.82) is 0 Å². The number of unbranched alkanes of at least 4 members (excludes halogenated alkanes) is 1. The van der Waals surface area contributed by atoms with Crippen LogP contribution in [-0.4, -0.2) is 26.5 Å². The van der Waals surface area contributed by atoms with Crippen molar-refractivity contribution in [3.63, 3.8) is 0 Å². The molecule has 0 N–H and O–H groups in total. The topological polar surface area (TPSA) is 78.9 Å². The predicted molar refractivity (Wildman–Crippen MR) is 99.9 cm³/mol. The molecule has 2 rings (SSSR count). The predicted octanol–water partition coefficient (Wildman–Crippen LogP) is 4.99. The summed E-state index contributed by atoms with van der Waals surface area (Å²) in [6.07, 6.45) is 0.671. The summed E-state index contributed by atoms with van der Waals surface area (Å²) in [5.74, 6) is -2.82. The van der Waals surface area contributed by atoms with Gasteiger partial charge >= 0.3 is 21.6 Å². The molecule has 0 aliphatic rings. The molecular formula is C18H17ClF4O6S. The lowest BCUT2D eigenvalue weighted by molar-refractivity contribution is -0.272. The first kappa shape index (κ1) is 24.2. The molecule has 0 unspecified atom stereocenters. The molecule has 0 fully saturated rings. The molecule has 2 aromatic rings.